The molecule has 0 spiro atoms. The van der Waals surface area contributed by atoms with E-state index in [-0.39, 0.29) is 11.0 Å². The third kappa shape index (κ3) is 7.05. The number of rotatable bonds is 9. The Morgan fingerprint density at radius 1 is 1.12 bits per heavy atom. The molecule has 0 saturated heterocycles. The average molecular weight is 353 g/mol. The van der Waals surface area contributed by atoms with Crippen molar-refractivity contribution in [2.45, 2.75) is 65.3 Å². The Morgan fingerprint density at radius 2 is 1.75 bits per heavy atom. The lowest BCUT2D eigenvalue weighted by Crippen LogP contribution is -2.40. The maximum Gasteiger partial charge on any atom is 0.305 e. The Balaban J connectivity index is 2.37. The largest absolute Gasteiger partial charge is 0.494 e. The van der Waals surface area contributed by atoms with Gasteiger partial charge in [-0.1, -0.05) is 32.9 Å². The second-order valence-corrected chi connectivity index (χ2v) is 12.3. The lowest BCUT2D eigenvalue weighted by atomic mass is 10.2. The van der Waals surface area contributed by atoms with Gasteiger partial charge in [-0.2, -0.15) is 0 Å². The minimum absolute atomic E-state index is 0.167. The molecule has 24 heavy (non-hydrogen) atoms. The van der Waals surface area contributed by atoms with Crippen LogP contribution in [0.1, 0.15) is 46.1 Å². The molecule has 1 rings (SSSR count). The van der Waals surface area contributed by atoms with Crippen molar-refractivity contribution in [1.29, 1.82) is 0 Å². The standard InChI is InChI=1S/C19H32O4Si/c1-7-21-18(20)9-8-14-22-17-12-10-16(11-13-17)15-23-24(5,6)19(2,3)4/h10-13H,7-9,14-15H2,1-6H3. The average Bonchev–Trinajstić information content (AvgIpc) is 2.50. The van der Waals surface area contributed by atoms with Crippen molar-refractivity contribution in [3.05, 3.63) is 29.8 Å². The maximum absolute atomic E-state index is 11.2. The molecule has 0 atom stereocenters. The summed E-state index contributed by atoms with van der Waals surface area (Å²) in [5.74, 6) is 0.647. The molecule has 5 heteroatoms. The van der Waals surface area contributed by atoms with E-state index >= 15 is 0 Å². The fraction of sp³-hybridized carbons (Fsp3) is 0.632. The maximum atomic E-state index is 11.2. The molecule has 0 saturated carbocycles. The Morgan fingerprint density at radius 3 is 2.29 bits per heavy atom. The van der Waals surface area contributed by atoms with Crippen molar-refractivity contribution < 1.29 is 18.7 Å². The van der Waals surface area contributed by atoms with E-state index in [1.807, 2.05) is 31.2 Å². The van der Waals surface area contributed by atoms with Gasteiger partial charge in [-0.15, -0.1) is 0 Å². The zero-order valence-electron chi connectivity index (χ0n) is 16.0. The number of benzene rings is 1. The van der Waals surface area contributed by atoms with Crippen molar-refractivity contribution in [3.8, 4) is 5.75 Å². The van der Waals surface area contributed by atoms with Gasteiger partial charge in [0.25, 0.3) is 0 Å². The summed E-state index contributed by atoms with van der Waals surface area (Å²) < 4.78 is 16.7. The normalized spacial score (nSPS) is 12.1. The predicted octanol–water partition coefficient (Wildman–Crippen LogP) is 4.93. The first-order valence-corrected chi connectivity index (χ1v) is 11.6. The molecule has 0 aliphatic heterocycles. The van der Waals surface area contributed by atoms with Gasteiger partial charge in [0.05, 0.1) is 19.8 Å². The number of carbonyl (C=O) groups is 1. The zero-order valence-corrected chi connectivity index (χ0v) is 17.0. The van der Waals surface area contributed by atoms with E-state index in [1.165, 1.54) is 0 Å². The predicted molar refractivity (Wildman–Crippen MR) is 99.8 cm³/mol. The molecule has 0 N–H and O–H groups in total. The molecule has 0 unspecified atom stereocenters. The molecule has 0 fully saturated rings. The first kappa shape index (κ1) is 20.7. The number of esters is 1. The molecular formula is C19H32O4Si. The van der Waals surface area contributed by atoms with Crippen molar-refractivity contribution in [3.63, 3.8) is 0 Å². The molecule has 0 bridgehead atoms. The molecule has 136 valence electrons. The van der Waals surface area contributed by atoms with Crippen LogP contribution in [0.15, 0.2) is 24.3 Å². The highest BCUT2D eigenvalue weighted by Gasteiger charge is 2.36. The highest BCUT2D eigenvalue weighted by molar-refractivity contribution is 6.74. The lowest BCUT2D eigenvalue weighted by molar-refractivity contribution is -0.143. The van der Waals surface area contributed by atoms with Crippen LogP contribution in [0.4, 0.5) is 0 Å². The molecular weight excluding hydrogens is 320 g/mol. The van der Waals surface area contributed by atoms with Gasteiger partial charge in [0.15, 0.2) is 8.32 Å². The van der Waals surface area contributed by atoms with Crippen molar-refractivity contribution >= 4 is 14.3 Å². The molecule has 1 aromatic rings. The fourth-order valence-corrected chi connectivity index (χ4v) is 2.76. The van der Waals surface area contributed by atoms with Crippen molar-refractivity contribution in [2.24, 2.45) is 0 Å². The molecule has 0 heterocycles. The summed E-state index contributed by atoms with van der Waals surface area (Å²) in [7, 11) is -1.72. The summed E-state index contributed by atoms with van der Waals surface area (Å²) in [6, 6.07) is 7.98. The van der Waals surface area contributed by atoms with Crippen LogP contribution in [0.5, 0.6) is 5.75 Å². The summed E-state index contributed by atoms with van der Waals surface area (Å²) in [6.45, 7) is 14.6. The monoisotopic (exact) mass is 352 g/mol. The summed E-state index contributed by atoms with van der Waals surface area (Å²) in [6.07, 6.45) is 1.06. The quantitative estimate of drug-likeness (QED) is 0.359. The Kier molecular flexibility index (Phi) is 7.96. The van der Waals surface area contributed by atoms with Gasteiger partial charge in [0, 0.05) is 6.42 Å². The van der Waals surface area contributed by atoms with Crippen LogP contribution in [0.25, 0.3) is 0 Å². The minimum atomic E-state index is -1.72. The van der Waals surface area contributed by atoms with Gasteiger partial charge in [0.2, 0.25) is 0 Å². The summed E-state index contributed by atoms with van der Waals surface area (Å²) >= 11 is 0. The van der Waals surface area contributed by atoms with Gasteiger partial charge < -0.3 is 13.9 Å². The van der Waals surface area contributed by atoms with Gasteiger partial charge in [0.1, 0.15) is 5.75 Å². The molecule has 0 radical (unpaired) electrons. The van der Waals surface area contributed by atoms with Crippen LogP contribution in [0.2, 0.25) is 18.1 Å². The van der Waals surface area contributed by atoms with Crippen LogP contribution in [-0.2, 0) is 20.6 Å². The van der Waals surface area contributed by atoms with Gasteiger partial charge in [-0.25, -0.2) is 0 Å². The van der Waals surface area contributed by atoms with E-state index in [0.717, 1.165) is 11.3 Å². The van der Waals surface area contributed by atoms with E-state index in [1.54, 1.807) is 0 Å². The second-order valence-electron chi connectivity index (χ2n) is 7.45. The Hall–Kier alpha value is -1.33. The number of hydrogen-bond acceptors (Lipinski definition) is 4. The summed E-state index contributed by atoms with van der Waals surface area (Å²) in [5, 5.41) is 0.217. The van der Waals surface area contributed by atoms with E-state index in [9.17, 15) is 4.79 Å². The van der Waals surface area contributed by atoms with Crippen molar-refractivity contribution in [1.82, 2.24) is 0 Å². The van der Waals surface area contributed by atoms with Gasteiger partial charge >= 0.3 is 5.97 Å². The van der Waals surface area contributed by atoms with E-state index in [0.29, 0.717) is 32.7 Å². The van der Waals surface area contributed by atoms with Crippen LogP contribution in [0, 0.1) is 0 Å². The smallest absolute Gasteiger partial charge is 0.305 e. The lowest BCUT2D eigenvalue weighted by Gasteiger charge is -2.36. The molecule has 1 aromatic carbocycles. The molecule has 0 amide bonds. The third-order valence-electron chi connectivity index (χ3n) is 4.43. The summed E-state index contributed by atoms with van der Waals surface area (Å²) in [4.78, 5) is 11.2. The fourth-order valence-electron chi connectivity index (χ4n) is 1.80. The highest BCUT2D eigenvalue weighted by Crippen LogP contribution is 2.37. The zero-order chi connectivity index (χ0) is 18.2. The van der Waals surface area contributed by atoms with Crippen LogP contribution in [-0.4, -0.2) is 27.5 Å². The van der Waals surface area contributed by atoms with Crippen LogP contribution in [0.3, 0.4) is 0 Å². The highest BCUT2D eigenvalue weighted by atomic mass is 28.4. The third-order valence-corrected chi connectivity index (χ3v) is 8.91. The number of ether oxygens (including phenoxy) is 2. The topological polar surface area (TPSA) is 44.8 Å². The molecule has 4 nitrogen and oxygen atoms in total. The first-order chi connectivity index (χ1) is 11.2. The van der Waals surface area contributed by atoms with E-state index in [4.69, 9.17) is 13.9 Å². The van der Waals surface area contributed by atoms with Crippen LogP contribution >= 0.6 is 0 Å². The van der Waals surface area contributed by atoms with E-state index in [2.05, 4.69) is 33.9 Å². The van der Waals surface area contributed by atoms with Gasteiger partial charge in [-0.05, 0) is 49.2 Å². The van der Waals surface area contributed by atoms with Crippen LogP contribution < -0.4 is 4.74 Å². The Labute approximate surface area is 147 Å². The summed E-state index contributed by atoms with van der Waals surface area (Å²) in [5.41, 5.74) is 1.15. The van der Waals surface area contributed by atoms with Crippen molar-refractivity contribution in [2.75, 3.05) is 13.2 Å². The number of carbonyl (C=O) groups excluding carboxylic acids is 1. The molecule has 0 aliphatic rings. The first-order valence-electron chi connectivity index (χ1n) is 8.67. The van der Waals surface area contributed by atoms with Gasteiger partial charge in [-0.3, -0.25) is 4.79 Å². The second kappa shape index (κ2) is 9.23. The number of hydrogen-bond donors (Lipinski definition) is 0. The molecule has 0 aliphatic carbocycles. The SMILES string of the molecule is CCOC(=O)CCCOc1ccc(CO[Si](C)(C)C(C)(C)C)cc1. The van der Waals surface area contributed by atoms with E-state index < -0.39 is 8.32 Å². The molecule has 0 aromatic heterocycles. The minimum Gasteiger partial charge on any atom is -0.494 e. The Bertz CT molecular complexity index is 503.